The first-order chi connectivity index (χ1) is 7.36. The molecule has 0 aliphatic heterocycles. The van der Waals surface area contributed by atoms with Gasteiger partial charge in [-0.15, -0.1) is 0 Å². The highest BCUT2D eigenvalue weighted by atomic mass is 32.1. The molecule has 72 valence electrons. The van der Waals surface area contributed by atoms with Crippen molar-refractivity contribution in [1.29, 1.82) is 0 Å². The molecule has 0 radical (unpaired) electrons. The lowest BCUT2D eigenvalue weighted by atomic mass is 10.2. The lowest BCUT2D eigenvalue weighted by Gasteiger charge is -1.91. The van der Waals surface area contributed by atoms with Crippen LogP contribution in [-0.4, -0.2) is 11.7 Å². The first-order valence-corrected chi connectivity index (χ1v) is 4.45. The standard InChI is InChI=1S/C10H6N4S/c11-14-13-6-2-4-9-3-1-5-10(7-9)12-8-15/h1,3,5,7H,6H2. The van der Waals surface area contributed by atoms with Crippen LogP contribution in [-0.2, 0) is 0 Å². The van der Waals surface area contributed by atoms with Crippen LogP contribution in [0.2, 0.25) is 0 Å². The third kappa shape index (κ3) is 4.08. The molecule has 0 amide bonds. The summed E-state index contributed by atoms with van der Waals surface area (Å²) in [5.74, 6) is 5.55. The largest absolute Gasteiger partial charge is 0.195 e. The van der Waals surface area contributed by atoms with E-state index in [1.807, 2.05) is 12.1 Å². The second kappa shape index (κ2) is 6.36. The summed E-state index contributed by atoms with van der Waals surface area (Å²) in [6, 6.07) is 7.24. The molecule has 0 saturated heterocycles. The van der Waals surface area contributed by atoms with E-state index in [0.29, 0.717) is 5.69 Å². The first kappa shape index (κ1) is 11.0. The van der Waals surface area contributed by atoms with Gasteiger partial charge < -0.3 is 0 Å². The Balaban J connectivity index is 2.84. The smallest absolute Gasteiger partial charge is 0.0880 e. The molecule has 0 spiro atoms. The van der Waals surface area contributed by atoms with Gasteiger partial charge in [-0.05, 0) is 35.9 Å². The predicted molar refractivity (Wildman–Crippen MR) is 62.0 cm³/mol. The zero-order valence-corrected chi connectivity index (χ0v) is 8.53. The number of benzene rings is 1. The maximum atomic E-state index is 8.03. The van der Waals surface area contributed by atoms with Crippen LogP contribution in [0.15, 0.2) is 34.4 Å². The van der Waals surface area contributed by atoms with Crippen LogP contribution in [0, 0.1) is 11.8 Å². The number of azide groups is 1. The predicted octanol–water partition coefficient (Wildman–Crippen LogP) is 3.08. The number of hydrogen-bond donors (Lipinski definition) is 0. The highest BCUT2D eigenvalue weighted by molar-refractivity contribution is 7.78. The Morgan fingerprint density at radius 1 is 1.47 bits per heavy atom. The maximum Gasteiger partial charge on any atom is 0.0880 e. The van der Waals surface area contributed by atoms with Gasteiger partial charge in [0.1, 0.15) is 0 Å². The minimum Gasteiger partial charge on any atom is -0.195 e. The van der Waals surface area contributed by atoms with Gasteiger partial charge >= 0.3 is 0 Å². The Labute approximate surface area is 92.3 Å². The number of thiocarbonyl (C=S) groups is 1. The Kier molecular flexibility index (Phi) is 4.65. The normalized spacial score (nSPS) is 7.73. The second-order valence-electron chi connectivity index (χ2n) is 2.44. The van der Waals surface area contributed by atoms with Crippen LogP contribution < -0.4 is 0 Å². The second-order valence-corrected chi connectivity index (χ2v) is 2.63. The molecular weight excluding hydrogens is 208 g/mol. The van der Waals surface area contributed by atoms with E-state index >= 15 is 0 Å². The van der Waals surface area contributed by atoms with Crippen LogP contribution >= 0.6 is 12.2 Å². The van der Waals surface area contributed by atoms with E-state index in [9.17, 15) is 0 Å². The summed E-state index contributed by atoms with van der Waals surface area (Å²) in [6.07, 6.45) is 0. The SMILES string of the molecule is [N-]=[N+]=NCC#Cc1cccc(N=C=S)c1. The fourth-order valence-electron chi connectivity index (χ4n) is 0.914. The Bertz CT molecular complexity index is 500. The van der Waals surface area contributed by atoms with Crippen molar-refractivity contribution in [2.75, 3.05) is 6.54 Å². The molecule has 0 fully saturated rings. The molecule has 1 aromatic rings. The molecule has 0 heterocycles. The van der Waals surface area contributed by atoms with E-state index in [2.05, 4.69) is 44.2 Å². The minimum atomic E-state index is 0.164. The molecule has 0 saturated carbocycles. The quantitative estimate of drug-likeness (QED) is 0.186. The van der Waals surface area contributed by atoms with Gasteiger partial charge in [0.05, 0.1) is 17.4 Å². The van der Waals surface area contributed by atoms with Crippen molar-refractivity contribution in [2.45, 2.75) is 0 Å². The zero-order valence-electron chi connectivity index (χ0n) is 7.71. The van der Waals surface area contributed by atoms with Crippen molar-refractivity contribution >= 4 is 23.1 Å². The molecule has 0 N–H and O–H groups in total. The molecule has 0 aliphatic rings. The molecule has 0 aromatic heterocycles. The zero-order chi connectivity index (χ0) is 10.9. The van der Waals surface area contributed by atoms with Crippen molar-refractivity contribution in [3.05, 3.63) is 40.3 Å². The summed E-state index contributed by atoms with van der Waals surface area (Å²) < 4.78 is 0. The fraction of sp³-hybridized carbons (Fsp3) is 0.100. The molecule has 0 unspecified atom stereocenters. The summed E-state index contributed by atoms with van der Waals surface area (Å²) in [5, 5.41) is 5.58. The maximum absolute atomic E-state index is 8.03. The number of aliphatic imine (C=N–C) groups is 1. The molecule has 0 atom stereocenters. The summed E-state index contributed by atoms with van der Waals surface area (Å²) in [6.45, 7) is 0.164. The van der Waals surface area contributed by atoms with Crippen molar-refractivity contribution in [3.63, 3.8) is 0 Å². The van der Waals surface area contributed by atoms with Gasteiger partial charge in [0.2, 0.25) is 0 Å². The third-order valence-electron chi connectivity index (χ3n) is 1.47. The number of isothiocyanates is 1. The van der Waals surface area contributed by atoms with E-state index in [1.165, 1.54) is 0 Å². The van der Waals surface area contributed by atoms with Gasteiger partial charge in [-0.25, -0.2) is 0 Å². The van der Waals surface area contributed by atoms with E-state index in [0.717, 1.165) is 5.56 Å². The Hall–Kier alpha value is -2.11. The van der Waals surface area contributed by atoms with E-state index < -0.39 is 0 Å². The molecular formula is C10H6N4S. The molecule has 0 aliphatic carbocycles. The average Bonchev–Trinajstić information content (AvgIpc) is 2.26. The van der Waals surface area contributed by atoms with Gasteiger partial charge in [-0.3, -0.25) is 0 Å². The number of nitrogens with zero attached hydrogens (tertiary/aromatic N) is 4. The summed E-state index contributed by atoms with van der Waals surface area (Å²) in [4.78, 5) is 6.42. The van der Waals surface area contributed by atoms with Crippen LogP contribution in [0.1, 0.15) is 5.56 Å². The average molecular weight is 214 g/mol. The summed E-state index contributed by atoms with van der Waals surface area (Å²) in [5.41, 5.74) is 9.54. The van der Waals surface area contributed by atoms with E-state index in [-0.39, 0.29) is 6.54 Å². The van der Waals surface area contributed by atoms with Crippen LogP contribution in [0.25, 0.3) is 10.4 Å². The Morgan fingerprint density at radius 2 is 2.33 bits per heavy atom. The molecule has 1 aromatic carbocycles. The monoisotopic (exact) mass is 214 g/mol. The highest BCUT2D eigenvalue weighted by Crippen LogP contribution is 2.12. The van der Waals surface area contributed by atoms with Gasteiger partial charge in [0.25, 0.3) is 0 Å². The van der Waals surface area contributed by atoms with Gasteiger partial charge in [-0.1, -0.05) is 23.0 Å². The number of hydrogen-bond acceptors (Lipinski definition) is 3. The van der Waals surface area contributed by atoms with Gasteiger partial charge in [-0.2, -0.15) is 4.99 Å². The number of rotatable bonds is 2. The molecule has 15 heavy (non-hydrogen) atoms. The van der Waals surface area contributed by atoms with E-state index in [1.54, 1.807) is 12.1 Å². The Morgan fingerprint density at radius 3 is 3.07 bits per heavy atom. The van der Waals surface area contributed by atoms with Crippen molar-refractivity contribution in [1.82, 2.24) is 0 Å². The molecule has 0 bridgehead atoms. The van der Waals surface area contributed by atoms with Crippen molar-refractivity contribution in [3.8, 4) is 11.8 Å². The van der Waals surface area contributed by atoms with Gasteiger partial charge in [0.15, 0.2) is 0 Å². The molecule has 5 heteroatoms. The highest BCUT2D eigenvalue weighted by Gasteiger charge is 1.89. The van der Waals surface area contributed by atoms with E-state index in [4.69, 9.17) is 5.53 Å². The fourth-order valence-corrected chi connectivity index (χ4v) is 1.02. The van der Waals surface area contributed by atoms with Crippen LogP contribution in [0.4, 0.5) is 5.69 Å². The third-order valence-corrected chi connectivity index (χ3v) is 1.56. The topological polar surface area (TPSA) is 61.1 Å². The van der Waals surface area contributed by atoms with Crippen molar-refractivity contribution in [2.24, 2.45) is 10.1 Å². The lowest BCUT2D eigenvalue weighted by Crippen LogP contribution is -1.74. The summed E-state index contributed by atoms with van der Waals surface area (Å²) >= 11 is 4.49. The summed E-state index contributed by atoms with van der Waals surface area (Å²) in [7, 11) is 0. The minimum absolute atomic E-state index is 0.164. The van der Waals surface area contributed by atoms with Crippen LogP contribution in [0.3, 0.4) is 0 Å². The van der Waals surface area contributed by atoms with Crippen molar-refractivity contribution < 1.29 is 0 Å². The molecule has 1 rings (SSSR count). The van der Waals surface area contributed by atoms with Gasteiger partial charge in [0, 0.05) is 10.5 Å². The lowest BCUT2D eigenvalue weighted by molar-refractivity contribution is 1.25. The van der Waals surface area contributed by atoms with Crippen LogP contribution in [0.5, 0.6) is 0 Å². The molecule has 4 nitrogen and oxygen atoms in total. The first-order valence-electron chi connectivity index (χ1n) is 4.04.